The average molecular weight is 550 g/mol. The second-order valence-electron chi connectivity index (χ2n) is 12.3. The van der Waals surface area contributed by atoms with Gasteiger partial charge in [0.2, 0.25) is 0 Å². The number of hydrogen-bond acceptors (Lipinski definition) is 6. The molecule has 4 N–H and O–H groups in total. The Bertz CT molecular complexity index is 1690. The average Bonchev–Trinajstić information content (AvgIpc) is 3.44. The smallest absolute Gasteiger partial charge is 0.251 e. The van der Waals surface area contributed by atoms with E-state index < -0.39 is 0 Å². The fourth-order valence-electron chi connectivity index (χ4n) is 6.18. The topological polar surface area (TPSA) is 101 Å². The van der Waals surface area contributed by atoms with Crippen molar-refractivity contribution < 1.29 is 4.79 Å². The number of rotatable bonds is 6. The van der Waals surface area contributed by atoms with Crippen molar-refractivity contribution in [2.75, 3.05) is 17.3 Å². The van der Waals surface area contributed by atoms with Gasteiger partial charge in [-0.1, -0.05) is 38.6 Å². The third kappa shape index (κ3) is 4.37. The first-order valence-electron chi connectivity index (χ1n) is 14.4. The Morgan fingerprint density at radius 1 is 1.15 bits per heavy atom. The normalized spacial score (nSPS) is 19.4. The number of aryl methyl sites for hydroxylation is 1. The van der Waals surface area contributed by atoms with E-state index in [0.29, 0.717) is 17.4 Å². The number of hydrogen-bond donors (Lipinski definition) is 3. The van der Waals surface area contributed by atoms with Crippen LogP contribution >= 0.6 is 0 Å². The molecular formula is C33H39N7O. The molecule has 0 bridgehead atoms. The molecular weight excluding hydrogens is 510 g/mol. The summed E-state index contributed by atoms with van der Waals surface area (Å²) in [6, 6.07) is 15.3. The number of imidazole rings is 1. The minimum absolute atomic E-state index is 0.121. The van der Waals surface area contributed by atoms with Crippen molar-refractivity contribution in [2.24, 2.45) is 5.73 Å². The van der Waals surface area contributed by atoms with Gasteiger partial charge >= 0.3 is 0 Å². The van der Waals surface area contributed by atoms with Gasteiger partial charge in [0, 0.05) is 58.8 Å². The van der Waals surface area contributed by atoms with E-state index in [9.17, 15) is 4.79 Å². The Kier molecular flexibility index (Phi) is 6.41. The summed E-state index contributed by atoms with van der Waals surface area (Å²) in [5.74, 6) is 0.576. The lowest BCUT2D eigenvalue weighted by atomic mass is 9.83. The van der Waals surface area contributed by atoms with E-state index in [1.54, 1.807) is 7.05 Å². The van der Waals surface area contributed by atoms with E-state index in [1.807, 2.05) is 31.5 Å². The van der Waals surface area contributed by atoms with Crippen LogP contribution in [0.15, 0.2) is 61.1 Å². The quantitative estimate of drug-likeness (QED) is 0.265. The van der Waals surface area contributed by atoms with Crippen molar-refractivity contribution in [3.63, 3.8) is 0 Å². The minimum Gasteiger partial charge on any atom is -0.355 e. The maximum absolute atomic E-state index is 12.5. The van der Waals surface area contributed by atoms with Gasteiger partial charge in [-0.3, -0.25) is 4.79 Å². The van der Waals surface area contributed by atoms with Crippen LogP contribution < -0.4 is 21.3 Å². The molecule has 8 heteroatoms. The first-order valence-corrected chi connectivity index (χ1v) is 14.4. The van der Waals surface area contributed by atoms with E-state index in [1.165, 1.54) is 11.3 Å². The number of pyridine rings is 1. The molecule has 4 aromatic rings. The van der Waals surface area contributed by atoms with Gasteiger partial charge in [0.25, 0.3) is 5.91 Å². The van der Waals surface area contributed by atoms with Crippen LogP contribution in [0.5, 0.6) is 0 Å². The number of nitrogens with zero attached hydrogens (tertiary/aromatic N) is 4. The highest BCUT2D eigenvalue weighted by Crippen LogP contribution is 2.51. The van der Waals surface area contributed by atoms with E-state index in [0.717, 1.165) is 52.1 Å². The largest absolute Gasteiger partial charge is 0.355 e. The molecule has 2 aromatic carbocycles. The van der Waals surface area contributed by atoms with E-state index >= 15 is 0 Å². The van der Waals surface area contributed by atoms with Crippen LogP contribution in [-0.4, -0.2) is 39.6 Å². The number of carbonyl (C=O) groups is 1. The molecule has 41 heavy (non-hydrogen) atoms. The van der Waals surface area contributed by atoms with Crippen molar-refractivity contribution in [1.29, 1.82) is 0 Å². The minimum atomic E-state index is -0.151. The van der Waals surface area contributed by atoms with Gasteiger partial charge in [0.05, 0.1) is 17.5 Å². The molecule has 212 valence electrons. The Morgan fingerprint density at radius 2 is 1.90 bits per heavy atom. The standard InChI is InChI=1S/C33H39N7O/c1-18(2)39-17-36-28-16-27(38-31(30(28)39)37-23-10-8-19(3)25(15-23)32(41)35-7)21-9-11-26-29(12-21)40(20(4)33(26,5)6)24-13-22(34)14-24/h8-12,15-18,22,24H,4,13-14,34H2,1-3,5-7H3,(H,35,41)(H,37,38). The zero-order chi connectivity index (χ0) is 29.2. The number of anilines is 3. The monoisotopic (exact) mass is 549 g/mol. The highest BCUT2D eigenvalue weighted by atomic mass is 16.1. The summed E-state index contributed by atoms with van der Waals surface area (Å²) in [6.07, 6.45) is 3.81. The van der Waals surface area contributed by atoms with Crippen LogP contribution in [0.1, 0.15) is 68.1 Å². The van der Waals surface area contributed by atoms with Gasteiger partial charge < -0.3 is 25.8 Å². The summed E-state index contributed by atoms with van der Waals surface area (Å²) in [7, 11) is 1.64. The molecule has 1 aliphatic carbocycles. The molecule has 6 rings (SSSR count). The molecule has 1 amide bonds. The summed E-state index contributed by atoms with van der Waals surface area (Å²) < 4.78 is 2.12. The number of nitrogens with one attached hydrogen (secondary N) is 2. The highest BCUT2D eigenvalue weighted by molar-refractivity contribution is 5.97. The second-order valence-corrected chi connectivity index (χ2v) is 12.3. The van der Waals surface area contributed by atoms with Crippen LogP contribution in [0.25, 0.3) is 22.3 Å². The molecule has 3 heterocycles. The number of aromatic nitrogens is 3. The number of fused-ring (bicyclic) bond motifs is 2. The predicted octanol–water partition coefficient (Wildman–Crippen LogP) is 6.19. The summed E-state index contributed by atoms with van der Waals surface area (Å²) in [6.45, 7) is 15.2. The summed E-state index contributed by atoms with van der Waals surface area (Å²) in [5.41, 5.74) is 15.6. The number of nitrogens with two attached hydrogens (primary N) is 1. The maximum Gasteiger partial charge on any atom is 0.251 e. The van der Waals surface area contributed by atoms with Crippen LogP contribution in [0.3, 0.4) is 0 Å². The molecule has 0 spiro atoms. The SMILES string of the molecule is C=C1N(C2CC(N)C2)c2cc(-c3cc4ncn(C(C)C)c4c(Nc4ccc(C)c(C(=O)NC)c4)n3)ccc2C1(C)C. The Hall–Kier alpha value is -4.17. The number of amides is 1. The van der Waals surface area contributed by atoms with E-state index in [4.69, 9.17) is 15.7 Å². The van der Waals surface area contributed by atoms with Crippen LogP contribution in [-0.2, 0) is 5.41 Å². The third-order valence-electron chi connectivity index (χ3n) is 8.83. The summed E-state index contributed by atoms with van der Waals surface area (Å²) >= 11 is 0. The Morgan fingerprint density at radius 3 is 2.59 bits per heavy atom. The Labute approximate surface area is 241 Å². The second kappa shape index (κ2) is 9.73. The number of benzene rings is 2. The summed E-state index contributed by atoms with van der Waals surface area (Å²) in [5, 5.41) is 6.25. The lowest BCUT2D eigenvalue weighted by Crippen LogP contribution is -2.50. The van der Waals surface area contributed by atoms with E-state index in [-0.39, 0.29) is 23.4 Å². The number of carbonyl (C=O) groups excluding carboxylic acids is 1. The predicted molar refractivity (Wildman–Crippen MR) is 167 cm³/mol. The zero-order valence-corrected chi connectivity index (χ0v) is 24.7. The van der Waals surface area contributed by atoms with Crippen molar-refractivity contribution in [1.82, 2.24) is 19.9 Å². The fraction of sp³-hybridized carbons (Fsp3) is 0.364. The molecule has 1 aliphatic heterocycles. The Balaban J connectivity index is 1.47. The lowest BCUT2D eigenvalue weighted by Gasteiger charge is -2.42. The maximum atomic E-state index is 12.5. The van der Waals surface area contributed by atoms with Gasteiger partial charge in [0.15, 0.2) is 5.82 Å². The molecule has 2 aliphatic rings. The van der Waals surface area contributed by atoms with Gasteiger partial charge in [-0.2, -0.15) is 0 Å². The van der Waals surface area contributed by atoms with Gasteiger partial charge in [-0.25, -0.2) is 9.97 Å². The zero-order valence-electron chi connectivity index (χ0n) is 24.7. The molecule has 1 saturated carbocycles. The molecule has 2 aromatic heterocycles. The van der Waals surface area contributed by atoms with Crippen molar-refractivity contribution in [2.45, 2.75) is 71.0 Å². The van der Waals surface area contributed by atoms with Gasteiger partial charge in [-0.05, 0) is 69.0 Å². The molecule has 0 radical (unpaired) electrons. The molecule has 1 fully saturated rings. The van der Waals surface area contributed by atoms with Crippen molar-refractivity contribution in [3.05, 3.63) is 77.8 Å². The van der Waals surface area contributed by atoms with Crippen LogP contribution in [0, 0.1) is 6.92 Å². The lowest BCUT2D eigenvalue weighted by molar-refractivity contribution is 0.0962. The van der Waals surface area contributed by atoms with Crippen molar-refractivity contribution in [3.8, 4) is 11.3 Å². The van der Waals surface area contributed by atoms with Gasteiger partial charge in [-0.15, -0.1) is 0 Å². The summed E-state index contributed by atoms with van der Waals surface area (Å²) in [4.78, 5) is 24.8. The molecule has 0 unspecified atom stereocenters. The number of allylic oxidation sites excluding steroid dienone is 1. The third-order valence-corrected chi connectivity index (χ3v) is 8.83. The molecule has 0 atom stereocenters. The molecule has 0 saturated heterocycles. The highest BCUT2D eigenvalue weighted by Gasteiger charge is 2.44. The van der Waals surface area contributed by atoms with E-state index in [2.05, 4.69) is 78.6 Å². The first kappa shape index (κ1) is 27.0. The molecule has 8 nitrogen and oxygen atoms in total. The van der Waals surface area contributed by atoms with Crippen LogP contribution in [0.4, 0.5) is 17.2 Å². The fourth-order valence-corrected chi connectivity index (χ4v) is 6.18. The van der Waals surface area contributed by atoms with Crippen LogP contribution in [0.2, 0.25) is 0 Å². The first-order chi connectivity index (χ1) is 19.5. The van der Waals surface area contributed by atoms with Crippen molar-refractivity contribution >= 4 is 34.1 Å². The van der Waals surface area contributed by atoms with Gasteiger partial charge in [0.1, 0.15) is 5.52 Å².